The van der Waals surface area contributed by atoms with Crippen molar-refractivity contribution >= 4 is 5.82 Å². The normalized spacial score (nSPS) is 21.2. The van der Waals surface area contributed by atoms with E-state index in [-0.39, 0.29) is 0 Å². The standard InChI is InChI=1S/C13H21N3/c1-3-16-9-5-7-12(16)10-15-13-11(2)6-4-8-14-13/h4,6,8,12H,3,5,7,9-10H2,1-2H3,(H,14,15). The molecule has 1 aliphatic heterocycles. The Bertz CT molecular complexity index is 338. The van der Waals surface area contributed by atoms with Crippen molar-refractivity contribution < 1.29 is 0 Å². The van der Waals surface area contributed by atoms with Crippen molar-refractivity contribution in [2.45, 2.75) is 32.7 Å². The number of aromatic nitrogens is 1. The van der Waals surface area contributed by atoms with Crippen LogP contribution in [0, 0.1) is 6.92 Å². The van der Waals surface area contributed by atoms with Crippen LogP contribution in [0.5, 0.6) is 0 Å². The average molecular weight is 219 g/mol. The first-order valence-electron chi connectivity index (χ1n) is 6.20. The van der Waals surface area contributed by atoms with Crippen LogP contribution in [-0.2, 0) is 0 Å². The van der Waals surface area contributed by atoms with Crippen molar-refractivity contribution in [3.8, 4) is 0 Å². The number of likely N-dealkylation sites (N-methyl/N-ethyl adjacent to an activating group) is 1. The lowest BCUT2D eigenvalue weighted by atomic mass is 10.2. The Labute approximate surface area is 97.9 Å². The van der Waals surface area contributed by atoms with Gasteiger partial charge in [-0.15, -0.1) is 0 Å². The SMILES string of the molecule is CCN1CCCC1CNc1ncccc1C. The molecule has 16 heavy (non-hydrogen) atoms. The zero-order chi connectivity index (χ0) is 11.4. The highest BCUT2D eigenvalue weighted by molar-refractivity contribution is 5.42. The third-order valence-corrected chi connectivity index (χ3v) is 3.42. The van der Waals surface area contributed by atoms with Crippen LogP contribution in [-0.4, -0.2) is 35.6 Å². The summed E-state index contributed by atoms with van der Waals surface area (Å²) >= 11 is 0. The molecule has 1 saturated heterocycles. The third-order valence-electron chi connectivity index (χ3n) is 3.42. The Morgan fingerprint density at radius 3 is 3.19 bits per heavy atom. The Kier molecular flexibility index (Phi) is 3.78. The fourth-order valence-electron chi connectivity index (χ4n) is 2.43. The van der Waals surface area contributed by atoms with Gasteiger partial charge >= 0.3 is 0 Å². The topological polar surface area (TPSA) is 28.2 Å². The van der Waals surface area contributed by atoms with Crippen LogP contribution in [0.3, 0.4) is 0 Å². The zero-order valence-electron chi connectivity index (χ0n) is 10.2. The lowest BCUT2D eigenvalue weighted by Crippen LogP contribution is -2.34. The molecule has 2 heterocycles. The zero-order valence-corrected chi connectivity index (χ0v) is 10.2. The van der Waals surface area contributed by atoms with E-state index in [0.717, 1.165) is 18.9 Å². The first-order valence-corrected chi connectivity index (χ1v) is 6.20. The van der Waals surface area contributed by atoms with Gasteiger partial charge in [-0.05, 0) is 44.5 Å². The molecule has 3 nitrogen and oxygen atoms in total. The van der Waals surface area contributed by atoms with Crippen LogP contribution < -0.4 is 5.32 Å². The van der Waals surface area contributed by atoms with Gasteiger partial charge in [-0.2, -0.15) is 0 Å². The average Bonchev–Trinajstić information content (AvgIpc) is 2.75. The number of likely N-dealkylation sites (tertiary alicyclic amines) is 1. The number of rotatable bonds is 4. The molecule has 1 unspecified atom stereocenters. The first-order chi connectivity index (χ1) is 7.81. The van der Waals surface area contributed by atoms with Gasteiger partial charge in [0, 0.05) is 18.8 Å². The lowest BCUT2D eigenvalue weighted by Gasteiger charge is -2.23. The van der Waals surface area contributed by atoms with Crippen LogP contribution >= 0.6 is 0 Å². The quantitative estimate of drug-likeness (QED) is 0.842. The second-order valence-electron chi connectivity index (χ2n) is 4.47. The minimum absolute atomic E-state index is 0.686. The molecule has 0 spiro atoms. The van der Waals surface area contributed by atoms with Crippen molar-refractivity contribution in [3.05, 3.63) is 23.9 Å². The van der Waals surface area contributed by atoms with Crippen LogP contribution in [0.25, 0.3) is 0 Å². The minimum atomic E-state index is 0.686. The number of hydrogen-bond acceptors (Lipinski definition) is 3. The summed E-state index contributed by atoms with van der Waals surface area (Å²) < 4.78 is 0. The van der Waals surface area contributed by atoms with Gasteiger partial charge in [-0.3, -0.25) is 4.90 Å². The molecule has 88 valence electrons. The van der Waals surface area contributed by atoms with Crippen molar-refractivity contribution in [2.24, 2.45) is 0 Å². The molecule has 0 aliphatic carbocycles. The predicted molar refractivity (Wildman–Crippen MR) is 67.7 cm³/mol. The third kappa shape index (κ3) is 2.53. The summed E-state index contributed by atoms with van der Waals surface area (Å²) in [5.41, 5.74) is 1.23. The summed E-state index contributed by atoms with van der Waals surface area (Å²) in [5, 5.41) is 3.47. The van der Waals surface area contributed by atoms with E-state index in [1.165, 1.54) is 24.9 Å². The van der Waals surface area contributed by atoms with E-state index in [1.54, 1.807) is 0 Å². The van der Waals surface area contributed by atoms with Gasteiger partial charge in [0.25, 0.3) is 0 Å². The van der Waals surface area contributed by atoms with Crippen LogP contribution in [0.4, 0.5) is 5.82 Å². The van der Waals surface area contributed by atoms with Crippen LogP contribution in [0.15, 0.2) is 18.3 Å². The second-order valence-corrected chi connectivity index (χ2v) is 4.47. The molecule has 0 saturated carbocycles. The minimum Gasteiger partial charge on any atom is -0.368 e. The van der Waals surface area contributed by atoms with Gasteiger partial charge in [0.1, 0.15) is 5.82 Å². The molecule has 1 N–H and O–H groups in total. The summed E-state index contributed by atoms with van der Waals surface area (Å²) in [4.78, 5) is 6.91. The lowest BCUT2D eigenvalue weighted by molar-refractivity contribution is 0.277. The highest BCUT2D eigenvalue weighted by Crippen LogP contribution is 2.17. The second kappa shape index (κ2) is 5.30. The number of nitrogens with one attached hydrogen (secondary N) is 1. The molecule has 0 aromatic carbocycles. The summed E-state index contributed by atoms with van der Waals surface area (Å²) in [5.74, 6) is 1.03. The van der Waals surface area contributed by atoms with E-state index in [1.807, 2.05) is 12.3 Å². The molecule has 1 aromatic rings. The maximum absolute atomic E-state index is 4.36. The summed E-state index contributed by atoms with van der Waals surface area (Å²) in [6.07, 6.45) is 4.50. The predicted octanol–water partition coefficient (Wildman–Crippen LogP) is 2.29. The van der Waals surface area contributed by atoms with Gasteiger partial charge in [0.05, 0.1) is 0 Å². The van der Waals surface area contributed by atoms with Gasteiger partial charge in [0.2, 0.25) is 0 Å². The molecule has 1 aromatic heterocycles. The number of hydrogen-bond donors (Lipinski definition) is 1. The van der Waals surface area contributed by atoms with Crippen molar-refractivity contribution in [1.29, 1.82) is 0 Å². The molecule has 1 fully saturated rings. The highest BCUT2D eigenvalue weighted by atomic mass is 15.2. The Balaban J connectivity index is 1.90. The largest absolute Gasteiger partial charge is 0.368 e. The Morgan fingerprint density at radius 1 is 1.56 bits per heavy atom. The Morgan fingerprint density at radius 2 is 2.44 bits per heavy atom. The molecule has 2 rings (SSSR count). The Hall–Kier alpha value is -1.09. The van der Waals surface area contributed by atoms with E-state index >= 15 is 0 Å². The number of nitrogens with zero attached hydrogens (tertiary/aromatic N) is 2. The van der Waals surface area contributed by atoms with Crippen LogP contribution in [0.2, 0.25) is 0 Å². The van der Waals surface area contributed by atoms with Gasteiger partial charge in [-0.1, -0.05) is 13.0 Å². The van der Waals surface area contributed by atoms with Gasteiger partial charge in [0.15, 0.2) is 0 Å². The monoisotopic (exact) mass is 219 g/mol. The molecule has 0 amide bonds. The molecule has 1 aliphatic rings. The maximum Gasteiger partial charge on any atom is 0.128 e. The van der Waals surface area contributed by atoms with E-state index in [2.05, 4.69) is 35.1 Å². The fraction of sp³-hybridized carbons (Fsp3) is 0.615. The van der Waals surface area contributed by atoms with E-state index in [9.17, 15) is 0 Å². The number of anilines is 1. The number of aryl methyl sites for hydroxylation is 1. The van der Waals surface area contributed by atoms with E-state index in [4.69, 9.17) is 0 Å². The van der Waals surface area contributed by atoms with Crippen molar-refractivity contribution in [3.63, 3.8) is 0 Å². The summed E-state index contributed by atoms with van der Waals surface area (Å²) in [6.45, 7) is 7.77. The summed E-state index contributed by atoms with van der Waals surface area (Å²) in [6, 6.07) is 4.77. The van der Waals surface area contributed by atoms with Crippen molar-refractivity contribution in [1.82, 2.24) is 9.88 Å². The van der Waals surface area contributed by atoms with Crippen molar-refractivity contribution in [2.75, 3.05) is 25.0 Å². The van der Waals surface area contributed by atoms with E-state index in [0.29, 0.717) is 6.04 Å². The van der Waals surface area contributed by atoms with Gasteiger partial charge in [-0.25, -0.2) is 4.98 Å². The smallest absolute Gasteiger partial charge is 0.128 e. The molecule has 3 heteroatoms. The molecular weight excluding hydrogens is 198 g/mol. The van der Waals surface area contributed by atoms with Gasteiger partial charge < -0.3 is 5.32 Å². The molecular formula is C13H21N3. The van der Waals surface area contributed by atoms with Crippen LogP contribution in [0.1, 0.15) is 25.3 Å². The highest BCUT2D eigenvalue weighted by Gasteiger charge is 2.22. The summed E-state index contributed by atoms with van der Waals surface area (Å²) in [7, 11) is 0. The molecule has 0 bridgehead atoms. The molecule has 0 radical (unpaired) electrons. The first kappa shape index (κ1) is 11.4. The number of pyridine rings is 1. The maximum atomic E-state index is 4.36. The van der Waals surface area contributed by atoms with E-state index < -0.39 is 0 Å². The fourth-order valence-corrected chi connectivity index (χ4v) is 2.43. The molecule has 1 atom stereocenters.